The fraction of sp³-hybridized carbons (Fsp3) is 0.692. The number of esters is 1. The summed E-state index contributed by atoms with van der Waals surface area (Å²) in [7, 11) is 1.45. The number of ether oxygens (including phenoxy) is 1. The van der Waals surface area contributed by atoms with Gasteiger partial charge in [0.05, 0.1) is 13.0 Å². The molecular weight excluding hydrogens is 216 g/mol. The van der Waals surface area contributed by atoms with Crippen LogP contribution in [0.2, 0.25) is 0 Å². The fourth-order valence-electron chi connectivity index (χ4n) is 2.43. The van der Waals surface area contributed by atoms with Crippen LogP contribution in [-0.2, 0) is 27.9 Å². The maximum Gasteiger partial charge on any atom is 0.309 e. The van der Waals surface area contributed by atoms with Crippen LogP contribution in [0.3, 0.4) is 0 Å². The van der Waals surface area contributed by atoms with Crippen molar-refractivity contribution in [3.63, 3.8) is 0 Å². The SMILES string of the molecule is COC(=O)C1CCn2c(cnc2C(C)(C)C)C1. The fourth-order valence-corrected chi connectivity index (χ4v) is 2.43. The molecule has 1 aromatic heterocycles. The number of carbonyl (C=O) groups excluding carboxylic acids is 1. The Morgan fingerprint density at radius 2 is 2.24 bits per heavy atom. The Morgan fingerprint density at radius 1 is 1.53 bits per heavy atom. The van der Waals surface area contributed by atoms with E-state index in [-0.39, 0.29) is 17.3 Å². The lowest BCUT2D eigenvalue weighted by molar-refractivity contribution is -0.146. The van der Waals surface area contributed by atoms with Crippen LogP contribution in [0.15, 0.2) is 6.20 Å². The van der Waals surface area contributed by atoms with E-state index in [4.69, 9.17) is 4.74 Å². The number of hydrogen-bond acceptors (Lipinski definition) is 3. The highest BCUT2D eigenvalue weighted by molar-refractivity contribution is 5.72. The van der Waals surface area contributed by atoms with Gasteiger partial charge in [0, 0.05) is 30.3 Å². The Hall–Kier alpha value is -1.32. The third kappa shape index (κ3) is 2.21. The minimum atomic E-state index is -0.102. The Bertz CT molecular complexity index is 429. The average Bonchev–Trinajstić information content (AvgIpc) is 2.70. The molecule has 0 amide bonds. The quantitative estimate of drug-likeness (QED) is 0.700. The highest BCUT2D eigenvalue weighted by Crippen LogP contribution is 2.28. The Balaban J connectivity index is 2.25. The lowest BCUT2D eigenvalue weighted by Gasteiger charge is -2.26. The van der Waals surface area contributed by atoms with E-state index >= 15 is 0 Å². The summed E-state index contributed by atoms with van der Waals surface area (Å²) in [5.74, 6) is 1.00. The van der Waals surface area contributed by atoms with Crippen molar-refractivity contribution in [1.82, 2.24) is 9.55 Å². The largest absolute Gasteiger partial charge is 0.469 e. The summed E-state index contributed by atoms with van der Waals surface area (Å²) in [5.41, 5.74) is 1.20. The Labute approximate surface area is 102 Å². The first-order valence-corrected chi connectivity index (χ1v) is 6.06. The molecule has 0 fully saturated rings. The van der Waals surface area contributed by atoms with E-state index in [1.807, 2.05) is 6.20 Å². The van der Waals surface area contributed by atoms with Gasteiger partial charge in [-0.15, -0.1) is 0 Å². The molecule has 94 valence electrons. The van der Waals surface area contributed by atoms with Gasteiger partial charge < -0.3 is 9.30 Å². The van der Waals surface area contributed by atoms with Crippen LogP contribution in [0.5, 0.6) is 0 Å². The molecule has 1 aliphatic heterocycles. The molecule has 0 N–H and O–H groups in total. The van der Waals surface area contributed by atoms with E-state index in [1.165, 1.54) is 7.11 Å². The highest BCUT2D eigenvalue weighted by atomic mass is 16.5. The minimum absolute atomic E-state index is 0.00276. The second kappa shape index (κ2) is 4.17. The van der Waals surface area contributed by atoms with Crippen molar-refractivity contribution in [3.8, 4) is 0 Å². The van der Waals surface area contributed by atoms with Crippen LogP contribution in [0, 0.1) is 5.92 Å². The predicted octanol–water partition coefficient (Wildman–Crippen LogP) is 1.92. The summed E-state index contributed by atoms with van der Waals surface area (Å²) in [6.07, 6.45) is 3.49. The Morgan fingerprint density at radius 3 is 2.82 bits per heavy atom. The number of methoxy groups -OCH3 is 1. The number of nitrogens with zero attached hydrogens (tertiary/aromatic N) is 2. The second-order valence-corrected chi connectivity index (χ2v) is 5.69. The van der Waals surface area contributed by atoms with Crippen LogP contribution in [0.1, 0.15) is 38.7 Å². The second-order valence-electron chi connectivity index (χ2n) is 5.69. The van der Waals surface area contributed by atoms with E-state index in [0.717, 1.165) is 30.9 Å². The van der Waals surface area contributed by atoms with Gasteiger partial charge in [-0.2, -0.15) is 0 Å². The summed E-state index contributed by atoms with van der Waals surface area (Å²) in [4.78, 5) is 16.0. The molecular formula is C13H20N2O2. The van der Waals surface area contributed by atoms with Crippen molar-refractivity contribution in [2.24, 2.45) is 5.92 Å². The first-order valence-electron chi connectivity index (χ1n) is 6.06. The van der Waals surface area contributed by atoms with Crippen LogP contribution in [0.25, 0.3) is 0 Å². The molecule has 4 heteroatoms. The van der Waals surface area contributed by atoms with E-state index in [2.05, 4.69) is 30.3 Å². The molecule has 0 saturated carbocycles. The monoisotopic (exact) mass is 236 g/mol. The normalized spacial score (nSPS) is 19.9. The van der Waals surface area contributed by atoms with E-state index in [1.54, 1.807) is 0 Å². The topological polar surface area (TPSA) is 44.1 Å². The maximum atomic E-state index is 11.5. The predicted molar refractivity (Wildman–Crippen MR) is 64.8 cm³/mol. The molecule has 1 aromatic rings. The van der Waals surface area contributed by atoms with E-state index < -0.39 is 0 Å². The number of rotatable bonds is 1. The molecule has 0 bridgehead atoms. The zero-order chi connectivity index (χ0) is 12.6. The Kier molecular flexibility index (Phi) is 2.98. The van der Waals surface area contributed by atoms with E-state index in [9.17, 15) is 4.79 Å². The van der Waals surface area contributed by atoms with Gasteiger partial charge in [0.1, 0.15) is 5.82 Å². The van der Waals surface area contributed by atoms with Gasteiger partial charge in [0.2, 0.25) is 0 Å². The van der Waals surface area contributed by atoms with Gasteiger partial charge in [-0.05, 0) is 6.42 Å². The minimum Gasteiger partial charge on any atom is -0.469 e. The van der Waals surface area contributed by atoms with Crippen molar-refractivity contribution in [2.45, 2.75) is 45.6 Å². The molecule has 0 saturated heterocycles. The molecule has 1 atom stereocenters. The lowest BCUT2D eigenvalue weighted by atomic mass is 9.93. The first-order chi connectivity index (χ1) is 7.93. The summed E-state index contributed by atoms with van der Waals surface area (Å²) < 4.78 is 7.06. The van der Waals surface area contributed by atoms with Gasteiger partial charge in [0.25, 0.3) is 0 Å². The molecule has 0 spiro atoms. The zero-order valence-corrected chi connectivity index (χ0v) is 11.0. The zero-order valence-electron chi connectivity index (χ0n) is 11.0. The van der Waals surface area contributed by atoms with Crippen molar-refractivity contribution in [3.05, 3.63) is 17.7 Å². The van der Waals surface area contributed by atoms with E-state index in [0.29, 0.717) is 0 Å². The molecule has 2 rings (SSSR count). The molecule has 0 radical (unpaired) electrons. The van der Waals surface area contributed by atoms with Crippen molar-refractivity contribution in [2.75, 3.05) is 7.11 Å². The van der Waals surface area contributed by atoms with Gasteiger partial charge in [0.15, 0.2) is 0 Å². The first kappa shape index (κ1) is 12.1. The lowest BCUT2D eigenvalue weighted by Crippen LogP contribution is -2.29. The molecule has 1 aliphatic rings. The van der Waals surface area contributed by atoms with Gasteiger partial charge in [-0.1, -0.05) is 20.8 Å². The smallest absolute Gasteiger partial charge is 0.309 e. The van der Waals surface area contributed by atoms with Crippen LogP contribution >= 0.6 is 0 Å². The molecule has 2 heterocycles. The molecule has 0 aliphatic carbocycles. The standard InChI is InChI=1S/C13H20N2O2/c1-13(2,3)12-14-8-10-7-9(11(16)17-4)5-6-15(10)12/h8-9H,5-7H2,1-4H3. The van der Waals surface area contributed by atoms with Crippen molar-refractivity contribution in [1.29, 1.82) is 0 Å². The summed E-state index contributed by atoms with van der Waals surface area (Å²) in [6, 6.07) is 0. The number of fused-ring (bicyclic) bond motifs is 1. The molecule has 17 heavy (non-hydrogen) atoms. The highest BCUT2D eigenvalue weighted by Gasteiger charge is 2.30. The van der Waals surface area contributed by atoms with Gasteiger partial charge in [-0.25, -0.2) is 4.98 Å². The van der Waals surface area contributed by atoms with Crippen LogP contribution in [-0.4, -0.2) is 22.6 Å². The third-order valence-corrected chi connectivity index (χ3v) is 3.30. The maximum absolute atomic E-state index is 11.5. The summed E-state index contributed by atoms with van der Waals surface area (Å²) >= 11 is 0. The van der Waals surface area contributed by atoms with Gasteiger partial charge >= 0.3 is 5.97 Å². The van der Waals surface area contributed by atoms with Crippen molar-refractivity contribution >= 4 is 5.97 Å². The van der Waals surface area contributed by atoms with Crippen LogP contribution in [0.4, 0.5) is 0 Å². The number of imidazole rings is 1. The number of hydrogen-bond donors (Lipinski definition) is 0. The molecule has 0 aromatic carbocycles. The molecule has 4 nitrogen and oxygen atoms in total. The third-order valence-electron chi connectivity index (χ3n) is 3.30. The summed E-state index contributed by atoms with van der Waals surface area (Å²) in [5, 5.41) is 0. The summed E-state index contributed by atoms with van der Waals surface area (Å²) in [6.45, 7) is 7.35. The number of carbonyl (C=O) groups is 1. The average molecular weight is 236 g/mol. The van der Waals surface area contributed by atoms with Crippen molar-refractivity contribution < 1.29 is 9.53 Å². The van der Waals surface area contributed by atoms with Crippen LogP contribution < -0.4 is 0 Å². The number of aromatic nitrogens is 2. The van der Waals surface area contributed by atoms with Gasteiger partial charge in [-0.3, -0.25) is 4.79 Å². The molecule has 1 unspecified atom stereocenters.